The highest BCUT2D eigenvalue weighted by Crippen LogP contribution is 2.28. The maximum atomic E-state index is 12.5. The third-order valence-electron chi connectivity index (χ3n) is 3.60. The van der Waals surface area contributed by atoms with Crippen LogP contribution >= 0.6 is 0 Å². The van der Waals surface area contributed by atoms with Crippen LogP contribution < -0.4 is 0 Å². The van der Waals surface area contributed by atoms with Crippen molar-refractivity contribution in [2.24, 2.45) is 0 Å². The zero-order valence-electron chi connectivity index (χ0n) is 10.8. The minimum Gasteiger partial charge on any atom is -0.507 e. The Balaban J connectivity index is 1.89. The third kappa shape index (κ3) is 1.97. The number of phenolic OH excluding ortho intramolecular Hbond substituents is 1. The molecule has 3 nitrogen and oxygen atoms in total. The minimum atomic E-state index is -0.114. The molecule has 1 amide bonds. The van der Waals surface area contributed by atoms with E-state index >= 15 is 0 Å². The Morgan fingerprint density at radius 2 is 1.68 bits per heavy atom. The van der Waals surface area contributed by atoms with Crippen LogP contribution in [0.5, 0.6) is 5.75 Å². The first-order chi connectivity index (χ1) is 9.16. The number of hydrogen-bond acceptors (Lipinski definition) is 2. The van der Waals surface area contributed by atoms with Gasteiger partial charge in [0.15, 0.2) is 0 Å². The molecule has 0 spiro atoms. The van der Waals surface area contributed by atoms with Crippen LogP contribution in [-0.4, -0.2) is 15.9 Å². The molecule has 1 aliphatic heterocycles. The number of aromatic hydroxyl groups is 1. The molecule has 3 heteroatoms. The van der Waals surface area contributed by atoms with E-state index in [1.807, 2.05) is 24.3 Å². The average Bonchev–Trinajstić information content (AvgIpc) is 2.85. The van der Waals surface area contributed by atoms with Gasteiger partial charge in [-0.3, -0.25) is 4.79 Å². The van der Waals surface area contributed by atoms with Gasteiger partial charge in [-0.1, -0.05) is 36.4 Å². The zero-order valence-corrected chi connectivity index (χ0v) is 10.8. The van der Waals surface area contributed by atoms with Crippen LogP contribution in [-0.2, 0) is 13.1 Å². The van der Waals surface area contributed by atoms with Gasteiger partial charge in [0, 0.05) is 13.1 Å². The van der Waals surface area contributed by atoms with Gasteiger partial charge in [0.05, 0.1) is 5.56 Å². The Kier molecular flexibility index (Phi) is 2.75. The number of aryl methyl sites for hydroxylation is 1. The smallest absolute Gasteiger partial charge is 0.258 e. The van der Waals surface area contributed by atoms with Crippen molar-refractivity contribution >= 4 is 5.91 Å². The number of nitrogens with zero attached hydrogens (tertiary/aromatic N) is 1. The lowest BCUT2D eigenvalue weighted by atomic mass is 10.1. The molecular weight excluding hydrogens is 238 g/mol. The molecule has 0 atom stereocenters. The number of amides is 1. The fourth-order valence-corrected chi connectivity index (χ4v) is 2.48. The van der Waals surface area contributed by atoms with Gasteiger partial charge in [-0.2, -0.15) is 0 Å². The summed E-state index contributed by atoms with van der Waals surface area (Å²) in [6.07, 6.45) is 0. The van der Waals surface area contributed by atoms with Crippen molar-refractivity contribution in [2.45, 2.75) is 20.0 Å². The fourth-order valence-electron chi connectivity index (χ4n) is 2.48. The van der Waals surface area contributed by atoms with Crippen molar-refractivity contribution < 1.29 is 9.90 Å². The maximum absolute atomic E-state index is 12.5. The van der Waals surface area contributed by atoms with Gasteiger partial charge in [0.2, 0.25) is 0 Å². The highest BCUT2D eigenvalue weighted by atomic mass is 16.3. The topological polar surface area (TPSA) is 40.5 Å². The van der Waals surface area contributed by atoms with Crippen LogP contribution in [0, 0.1) is 6.92 Å². The molecule has 0 saturated carbocycles. The van der Waals surface area contributed by atoms with Crippen LogP contribution in [0.3, 0.4) is 0 Å². The van der Waals surface area contributed by atoms with Gasteiger partial charge in [0.25, 0.3) is 5.91 Å². The van der Waals surface area contributed by atoms with E-state index in [2.05, 4.69) is 0 Å². The van der Waals surface area contributed by atoms with E-state index in [-0.39, 0.29) is 11.7 Å². The standard InChI is InChI=1S/C16H15NO2/c1-11-5-4-8-14(15(11)18)16(19)17-9-12-6-2-3-7-13(12)10-17/h2-8,18H,9-10H2,1H3. The van der Waals surface area contributed by atoms with Gasteiger partial charge >= 0.3 is 0 Å². The van der Waals surface area contributed by atoms with Crippen LogP contribution in [0.4, 0.5) is 0 Å². The van der Waals surface area contributed by atoms with Gasteiger partial charge in [-0.15, -0.1) is 0 Å². The molecule has 0 unspecified atom stereocenters. The highest BCUT2D eigenvalue weighted by Gasteiger charge is 2.25. The lowest BCUT2D eigenvalue weighted by Gasteiger charge is -2.16. The van der Waals surface area contributed by atoms with Crippen molar-refractivity contribution in [2.75, 3.05) is 0 Å². The molecule has 0 aromatic heterocycles. The second kappa shape index (κ2) is 4.43. The zero-order chi connectivity index (χ0) is 13.4. The fraction of sp³-hybridized carbons (Fsp3) is 0.188. The minimum absolute atomic E-state index is 0.0865. The van der Waals surface area contributed by atoms with Gasteiger partial charge < -0.3 is 10.0 Å². The van der Waals surface area contributed by atoms with E-state index in [4.69, 9.17) is 0 Å². The lowest BCUT2D eigenvalue weighted by Crippen LogP contribution is -2.25. The summed E-state index contributed by atoms with van der Waals surface area (Å²) < 4.78 is 0. The van der Waals surface area contributed by atoms with E-state index in [1.165, 1.54) is 11.1 Å². The molecular formula is C16H15NO2. The Morgan fingerprint density at radius 1 is 1.05 bits per heavy atom. The van der Waals surface area contributed by atoms with E-state index in [1.54, 1.807) is 30.0 Å². The number of hydrogen-bond donors (Lipinski definition) is 1. The summed E-state index contributed by atoms with van der Waals surface area (Å²) in [7, 11) is 0. The number of para-hydroxylation sites is 1. The summed E-state index contributed by atoms with van der Waals surface area (Å²) in [6, 6.07) is 13.3. The highest BCUT2D eigenvalue weighted by molar-refractivity contribution is 5.97. The molecule has 0 saturated heterocycles. The first-order valence-electron chi connectivity index (χ1n) is 6.31. The van der Waals surface area contributed by atoms with Crippen LogP contribution in [0.2, 0.25) is 0 Å². The van der Waals surface area contributed by atoms with Gasteiger partial charge in [-0.25, -0.2) is 0 Å². The molecule has 19 heavy (non-hydrogen) atoms. The SMILES string of the molecule is Cc1cccc(C(=O)N2Cc3ccccc3C2)c1O. The van der Waals surface area contributed by atoms with Crippen LogP contribution in [0.15, 0.2) is 42.5 Å². The van der Waals surface area contributed by atoms with Crippen molar-refractivity contribution in [3.8, 4) is 5.75 Å². The number of fused-ring (bicyclic) bond motifs is 1. The maximum Gasteiger partial charge on any atom is 0.258 e. The number of carbonyl (C=O) groups is 1. The number of carbonyl (C=O) groups excluding carboxylic acids is 1. The van der Waals surface area contributed by atoms with Crippen LogP contribution in [0.25, 0.3) is 0 Å². The molecule has 0 radical (unpaired) electrons. The summed E-state index contributed by atoms with van der Waals surface area (Å²) in [6.45, 7) is 3.02. The largest absolute Gasteiger partial charge is 0.507 e. The van der Waals surface area contributed by atoms with E-state index in [0.29, 0.717) is 18.7 Å². The van der Waals surface area contributed by atoms with Gasteiger partial charge in [-0.05, 0) is 29.7 Å². The molecule has 0 aliphatic carbocycles. The number of rotatable bonds is 1. The molecule has 1 aliphatic rings. The summed E-state index contributed by atoms with van der Waals surface area (Å²) in [4.78, 5) is 14.2. The Morgan fingerprint density at radius 3 is 2.32 bits per heavy atom. The predicted molar refractivity (Wildman–Crippen MR) is 72.9 cm³/mol. The molecule has 0 fully saturated rings. The normalized spacial score (nSPS) is 13.4. The van der Waals surface area contributed by atoms with Crippen molar-refractivity contribution in [3.05, 3.63) is 64.7 Å². The molecule has 2 aromatic carbocycles. The summed E-state index contributed by atoms with van der Waals surface area (Å²) in [5.74, 6) is -0.0270. The molecule has 0 bridgehead atoms. The molecule has 96 valence electrons. The molecule has 2 aromatic rings. The Labute approximate surface area is 112 Å². The predicted octanol–water partition coefficient (Wildman–Crippen LogP) is 2.86. The Hall–Kier alpha value is -2.29. The lowest BCUT2D eigenvalue weighted by molar-refractivity contribution is 0.0748. The summed E-state index contributed by atoms with van der Waals surface area (Å²) >= 11 is 0. The Bertz CT molecular complexity index is 624. The van der Waals surface area contributed by atoms with Crippen molar-refractivity contribution in [1.29, 1.82) is 0 Å². The number of benzene rings is 2. The van der Waals surface area contributed by atoms with E-state index < -0.39 is 0 Å². The molecule has 3 rings (SSSR count). The second-order valence-corrected chi connectivity index (χ2v) is 4.90. The number of phenols is 1. The molecule has 1 N–H and O–H groups in total. The quantitative estimate of drug-likeness (QED) is 0.849. The first-order valence-corrected chi connectivity index (χ1v) is 6.31. The van der Waals surface area contributed by atoms with Gasteiger partial charge in [0.1, 0.15) is 5.75 Å². The average molecular weight is 253 g/mol. The second-order valence-electron chi connectivity index (χ2n) is 4.90. The summed E-state index contributed by atoms with van der Waals surface area (Å²) in [5, 5.41) is 10.00. The molecule has 1 heterocycles. The van der Waals surface area contributed by atoms with E-state index in [9.17, 15) is 9.90 Å². The first kappa shape index (κ1) is 11.8. The van der Waals surface area contributed by atoms with Crippen molar-refractivity contribution in [3.63, 3.8) is 0 Å². The van der Waals surface area contributed by atoms with E-state index in [0.717, 1.165) is 5.56 Å². The van der Waals surface area contributed by atoms with Crippen molar-refractivity contribution in [1.82, 2.24) is 4.90 Å². The van der Waals surface area contributed by atoms with Crippen LogP contribution in [0.1, 0.15) is 27.0 Å². The third-order valence-corrected chi connectivity index (χ3v) is 3.60. The summed E-state index contributed by atoms with van der Waals surface area (Å²) in [5.41, 5.74) is 3.47. The monoisotopic (exact) mass is 253 g/mol.